The van der Waals surface area contributed by atoms with Gasteiger partial charge < -0.3 is 9.34 Å². The number of para-hydroxylation sites is 2. The summed E-state index contributed by atoms with van der Waals surface area (Å²) in [4.78, 5) is 5.25. The average Bonchev–Trinajstić information content (AvgIpc) is 3.32. The van der Waals surface area contributed by atoms with Gasteiger partial charge in [0.2, 0.25) is 0 Å². The predicted octanol–water partition coefficient (Wildman–Crippen LogP) is 6.86. The second-order valence-electron chi connectivity index (χ2n) is 10.7. The maximum atomic E-state index is 15.9. The molecule has 2 aliphatic heterocycles. The Kier molecular flexibility index (Phi) is 7.37. The van der Waals surface area contributed by atoms with E-state index in [1.54, 1.807) is 0 Å². The first-order chi connectivity index (χ1) is 18.2. The summed E-state index contributed by atoms with van der Waals surface area (Å²) in [5, 5.41) is 0. The van der Waals surface area contributed by atoms with Crippen molar-refractivity contribution in [1.82, 2.24) is 9.80 Å². The summed E-state index contributed by atoms with van der Waals surface area (Å²) in [6, 6.07) is 32.1. The van der Waals surface area contributed by atoms with Crippen molar-refractivity contribution in [3.63, 3.8) is 0 Å². The van der Waals surface area contributed by atoms with Crippen molar-refractivity contribution in [1.29, 1.82) is 0 Å². The molecule has 0 bridgehead atoms. The van der Waals surface area contributed by atoms with Crippen LogP contribution >= 0.6 is 7.44 Å². The molecule has 1 unspecified atom stereocenters. The summed E-state index contributed by atoms with van der Waals surface area (Å²) in [7, 11) is -3.11. The van der Waals surface area contributed by atoms with Gasteiger partial charge in [-0.25, -0.2) is 0 Å². The lowest BCUT2D eigenvalue weighted by atomic mass is 9.94. The van der Waals surface area contributed by atoms with Crippen LogP contribution in [0.1, 0.15) is 43.5 Å². The Labute approximate surface area is 222 Å². The summed E-state index contributed by atoms with van der Waals surface area (Å²) >= 11 is 0. The fourth-order valence-corrected chi connectivity index (χ4v) is 10.4. The minimum Gasteiger partial charge on any atom is -0.304 e. The van der Waals surface area contributed by atoms with Crippen LogP contribution in [-0.4, -0.2) is 55.1 Å². The summed E-state index contributed by atoms with van der Waals surface area (Å²) in [6.45, 7) is 5.52. The van der Waals surface area contributed by atoms with Crippen molar-refractivity contribution >= 4 is 18.8 Å². The highest BCUT2D eigenvalue weighted by atomic mass is 31.2. The van der Waals surface area contributed by atoms with E-state index in [-0.39, 0.29) is 5.78 Å². The van der Waals surface area contributed by atoms with Crippen molar-refractivity contribution in [2.45, 2.75) is 43.9 Å². The Morgan fingerprint density at radius 3 is 1.59 bits per heavy atom. The van der Waals surface area contributed by atoms with Crippen LogP contribution < -0.4 is 9.34 Å². The van der Waals surface area contributed by atoms with E-state index in [1.807, 2.05) is 12.1 Å². The van der Waals surface area contributed by atoms with Crippen molar-refractivity contribution in [2.24, 2.45) is 0 Å². The van der Waals surface area contributed by atoms with Gasteiger partial charge in [-0.3, -0.25) is 14.4 Å². The van der Waals surface area contributed by atoms with Crippen LogP contribution in [0.3, 0.4) is 0 Å². The quantitative estimate of drug-likeness (QED) is 0.336. The van der Waals surface area contributed by atoms with Crippen LogP contribution in [0.2, 0.25) is 0 Å². The number of benzene rings is 3. The molecule has 0 amide bonds. The van der Waals surface area contributed by atoms with E-state index < -0.39 is 7.44 Å². The maximum absolute atomic E-state index is 15.9. The molecule has 1 saturated carbocycles. The molecule has 3 aromatic carbocycles. The minimum absolute atomic E-state index is 0.190. The van der Waals surface area contributed by atoms with Crippen molar-refractivity contribution in [3.05, 3.63) is 96.6 Å². The van der Waals surface area contributed by atoms with Gasteiger partial charge in [0, 0.05) is 56.7 Å². The van der Waals surface area contributed by atoms with E-state index in [0.29, 0.717) is 0 Å². The molecule has 0 spiro atoms. The molecule has 3 aliphatic rings. The maximum Gasteiger partial charge on any atom is 0.284 e. The molecule has 6 heteroatoms. The molecule has 5 nitrogen and oxygen atoms in total. The van der Waals surface area contributed by atoms with Crippen LogP contribution in [0.25, 0.3) is 0 Å². The van der Waals surface area contributed by atoms with E-state index in [4.69, 9.17) is 0 Å². The zero-order valence-electron chi connectivity index (χ0n) is 21.7. The molecule has 194 valence electrons. The third-order valence-corrected chi connectivity index (χ3v) is 12.0. The van der Waals surface area contributed by atoms with Crippen LogP contribution in [0.4, 0.5) is 11.4 Å². The minimum atomic E-state index is -3.11. The van der Waals surface area contributed by atoms with Crippen LogP contribution in [0.15, 0.2) is 91.0 Å². The number of rotatable bonds is 6. The standard InChI is InChI=1S/C31H39N4OP/c36-37(34(29-17-9-3-10-18-29)25-26-35(37)30-19-11-4-12-20-30)31(27-13-5-1-6-14-27)33-23-21-32(22-24-33)28-15-7-2-8-16-28/h1,3-6,9-14,17-20,28,31H,2,7-8,15-16,21-26H2. The summed E-state index contributed by atoms with van der Waals surface area (Å²) < 4.78 is 20.3. The van der Waals surface area contributed by atoms with Gasteiger partial charge in [-0.15, -0.1) is 0 Å². The highest BCUT2D eigenvalue weighted by Crippen LogP contribution is 2.69. The van der Waals surface area contributed by atoms with Gasteiger partial charge in [0.05, 0.1) is 0 Å². The number of hydrogen-bond donors (Lipinski definition) is 0. The lowest BCUT2D eigenvalue weighted by Gasteiger charge is -2.47. The van der Waals surface area contributed by atoms with Gasteiger partial charge in [-0.05, 0) is 42.7 Å². The number of anilines is 2. The molecule has 3 aromatic rings. The molecule has 6 rings (SSSR count). The molecule has 0 radical (unpaired) electrons. The molecule has 37 heavy (non-hydrogen) atoms. The lowest BCUT2D eigenvalue weighted by molar-refractivity contribution is 0.0714. The third-order valence-electron chi connectivity index (χ3n) is 8.53. The largest absolute Gasteiger partial charge is 0.304 e. The van der Waals surface area contributed by atoms with Gasteiger partial charge in [-0.2, -0.15) is 0 Å². The predicted molar refractivity (Wildman–Crippen MR) is 154 cm³/mol. The normalized spacial score (nSPS) is 22.3. The highest BCUT2D eigenvalue weighted by Gasteiger charge is 2.52. The smallest absolute Gasteiger partial charge is 0.284 e. The molecular formula is C31H39N4OP. The Balaban J connectivity index is 1.39. The molecule has 2 saturated heterocycles. The summed E-state index contributed by atoms with van der Waals surface area (Å²) in [5.74, 6) is -0.190. The Bertz CT molecular complexity index is 1130. The zero-order valence-corrected chi connectivity index (χ0v) is 22.6. The first kappa shape index (κ1) is 24.7. The van der Waals surface area contributed by atoms with Crippen molar-refractivity contribution in [3.8, 4) is 0 Å². The average molecular weight is 515 g/mol. The SMILES string of the molecule is O=P1(C(c2ccccc2)N2CCN(C3CCCCC3)CC2)N(c2ccccc2)CCN1c1ccccc1. The Morgan fingerprint density at radius 2 is 1.08 bits per heavy atom. The van der Waals surface area contributed by atoms with Gasteiger partial charge in [0.15, 0.2) is 0 Å². The molecule has 3 fully saturated rings. The van der Waals surface area contributed by atoms with E-state index in [1.165, 1.54) is 32.1 Å². The van der Waals surface area contributed by atoms with Crippen LogP contribution in [-0.2, 0) is 4.57 Å². The molecule has 1 aliphatic carbocycles. The van der Waals surface area contributed by atoms with Crippen molar-refractivity contribution < 1.29 is 4.57 Å². The van der Waals surface area contributed by atoms with Crippen LogP contribution in [0, 0.1) is 0 Å². The number of nitrogens with zero attached hydrogens (tertiary/aromatic N) is 4. The van der Waals surface area contributed by atoms with E-state index >= 15 is 4.57 Å². The second kappa shape index (κ2) is 11.0. The third kappa shape index (κ3) is 4.85. The number of hydrogen-bond acceptors (Lipinski definition) is 3. The summed E-state index contributed by atoms with van der Waals surface area (Å²) in [5.41, 5.74) is 3.25. The first-order valence-corrected chi connectivity index (χ1v) is 15.7. The molecular weight excluding hydrogens is 475 g/mol. The van der Waals surface area contributed by atoms with Crippen LogP contribution in [0.5, 0.6) is 0 Å². The lowest BCUT2D eigenvalue weighted by Crippen LogP contribution is -2.52. The molecule has 2 heterocycles. The van der Waals surface area contributed by atoms with Crippen molar-refractivity contribution in [2.75, 3.05) is 48.6 Å². The Morgan fingerprint density at radius 1 is 0.595 bits per heavy atom. The molecule has 0 aromatic heterocycles. The fourth-order valence-electron chi connectivity index (χ4n) is 6.70. The van der Waals surface area contributed by atoms with Gasteiger partial charge in [-0.1, -0.05) is 86.0 Å². The topological polar surface area (TPSA) is 30.0 Å². The highest BCUT2D eigenvalue weighted by molar-refractivity contribution is 7.67. The molecule has 0 N–H and O–H groups in total. The van der Waals surface area contributed by atoms with E-state index in [9.17, 15) is 0 Å². The van der Waals surface area contributed by atoms with Gasteiger partial charge in [0.1, 0.15) is 5.78 Å². The monoisotopic (exact) mass is 514 g/mol. The van der Waals surface area contributed by atoms with Gasteiger partial charge in [0.25, 0.3) is 7.44 Å². The van der Waals surface area contributed by atoms with E-state index in [0.717, 1.165) is 62.2 Å². The first-order valence-electron chi connectivity index (χ1n) is 14.0. The zero-order chi connectivity index (χ0) is 25.1. The molecule has 1 atom stereocenters. The fraction of sp³-hybridized carbons (Fsp3) is 0.419. The second-order valence-corrected chi connectivity index (χ2v) is 13.3. The summed E-state index contributed by atoms with van der Waals surface area (Å²) in [6.07, 6.45) is 6.80. The number of piperazine rings is 1. The Hall–Kier alpha value is -2.59. The van der Waals surface area contributed by atoms with Gasteiger partial charge >= 0.3 is 0 Å². The van der Waals surface area contributed by atoms with E-state index in [2.05, 4.69) is 98.0 Å².